The smallest absolute Gasteiger partial charge is 0.301 e. The highest BCUT2D eigenvalue weighted by Gasteiger charge is 2.15. The van der Waals surface area contributed by atoms with Crippen molar-refractivity contribution in [3.05, 3.63) is 77.2 Å². The fourth-order valence-corrected chi connectivity index (χ4v) is 2.57. The molecule has 0 bridgehead atoms. The number of hydrazine groups is 1. The molecule has 0 spiro atoms. The van der Waals surface area contributed by atoms with Gasteiger partial charge in [-0.2, -0.15) is 0 Å². The minimum absolute atomic E-state index is 0.197. The molecule has 0 saturated carbocycles. The van der Waals surface area contributed by atoms with E-state index in [0.717, 1.165) is 16.8 Å². The molecule has 1 heterocycles. The summed E-state index contributed by atoms with van der Waals surface area (Å²) in [6.45, 7) is 0.669. The van der Waals surface area contributed by atoms with Gasteiger partial charge < -0.3 is 9.73 Å². The minimum Gasteiger partial charge on any atom is -0.458 e. The Hall–Kier alpha value is -2.76. The van der Waals surface area contributed by atoms with E-state index < -0.39 is 5.91 Å². The first kappa shape index (κ1) is 16.1. The quantitative estimate of drug-likeness (QED) is 0.374. The Balaban J connectivity index is 1.72. The zero-order valence-electron chi connectivity index (χ0n) is 12.8. The zero-order chi connectivity index (χ0) is 16.9. The number of amides is 1. The first-order valence-corrected chi connectivity index (χ1v) is 7.72. The van der Waals surface area contributed by atoms with Crippen LogP contribution in [0.4, 0.5) is 5.69 Å². The molecule has 1 amide bonds. The Kier molecular flexibility index (Phi) is 4.84. The Morgan fingerprint density at radius 1 is 1.12 bits per heavy atom. The molecule has 122 valence electrons. The van der Waals surface area contributed by atoms with Gasteiger partial charge in [0.15, 0.2) is 5.76 Å². The van der Waals surface area contributed by atoms with Gasteiger partial charge in [-0.1, -0.05) is 41.9 Å². The van der Waals surface area contributed by atoms with E-state index in [1.54, 1.807) is 6.07 Å². The summed E-state index contributed by atoms with van der Waals surface area (Å²) in [4.78, 5) is 11.7. The number of carbonyl (C=O) groups excluding carboxylic acids is 1. The average molecular weight is 342 g/mol. The van der Waals surface area contributed by atoms with Crippen molar-refractivity contribution in [1.82, 2.24) is 5.43 Å². The number of rotatable bonds is 5. The molecular weight excluding hydrogens is 326 g/mol. The largest absolute Gasteiger partial charge is 0.458 e. The van der Waals surface area contributed by atoms with E-state index in [2.05, 4.69) is 10.7 Å². The monoisotopic (exact) mass is 341 g/mol. The average Bonchev–Trinajstić information content (AvgIpc) is 3.09. The summed E-state index contributed by atoms with van der Waals surface area (Å²) < 4.78 is 5.20. The second kappa shape index (κ2) is 7.21. The van der Waals surface area contributed by atoms with Crippen LogP contribution in [0, 0.1) is 0 Å². The van der Waals surface area contributed by atoms with Crippen molar-refractivity contribution in [2.75, 3.05) is 5.32 Å². The molecule has 3 aromatic rings. The Morgan fingerprint density at radius 3 is 2.62 bits per heavy atom. The highest BCUT2D eigenvalue weighted by molar-refractivity contribution is 6.30. The number of hydrogen-bond donors (Lipinski definition) is 3. The van der Waals surface area contributed by atoms with Crippen LogP contribution < -0.4 is 16.6 Å². The number of nitrogens with two attached hydrogens (primary N) is 1. The highest BCUT2D eigenvalue weighted by Crippen LogP contribution is 2.25. The van der Waals surface area contributed by atoms with Crippen LogP contribution in [0.15, 0.2) is 65.3 Å². The number of benzene rings is 2. The molecule has 1 aromatic heterocycles. The summed E-state index contributed by atoms with van der Waals surface area (Å²) in [7, 11) is 0. The zero-order valence-corrected chi connectivity index (χ0v) is 13.5. The number of nitrogen functional groups attached to an aromatic ring is 1. The lowest BCUT2D eigenvalue weighted by Crippen LogP contribution is -2.29. The predicted molar refractivity (Wildman–Crippen MR) is 94.6 cm³/mol. The second-order valence-corrected chi connectivity index (χ2v) is 5.63. The minimum atomic E-state index is -0.457. The molecule has 0 fully saturated rings. The van der Waals surface area contributed by atoms with Gasteiger partial charge in [-0.25, -0.2) is 5.84 Å². The molecule has 6 heteroatoms. The van der Waals surface area contributed by atoms with E-state index in [-0.39, 0.29) is 5.76 Å². The van der Waals surface area contributed by atoms with Crippen molar-refractivity contribution in [1.29, 1.82) is 0 Å². The normalized spacial score (nSPS) is 10.4. The van der Waals surface area contributed by atoms with Gasteiger partial charge in [-0.3, -0.25) is 10.2 Å². The van der Waals surface area contributed by atoms with Crippen LogP contribution in [0.1, 0.15) is 16.1 Å². The number of halogens is 1. The van der Waals surface area contributed by atoms with Crippen LogP contribution in [0.3, 0.4) is 0 Å². The third-order valence-electron chi connectivity index (χ3n) is 3.59. The molecule has 0 aliphatic heterocycles. The summed E-state index contributed by atoms with van der Waals surface area (Å²) in [5.74, 6) is 4.90. The third-order valence-corrected chi connectivity index (χ3v) is 3.82. The number of furan rings is 1. The van der Waals surface area contributed by atoms with E-state index >= 15 is 0 Å². The van der Waals surface area contributed by atoms with Crippen molar-refractivity contribution in [2.24, 2.45) is 5.84 Å². The number of carbonyl (C=O) groups is 1. The lowest BCUT2D eigenvalue weighted by molar-refractivity contribution is 0.0927. The third kappa shape index (κ3) is 3.59. The molecule has 4 N–H and O–H groups in total. The van der Waals surface area contributed by atoms with Crippen molar-refractivity contribution < 1.29 is 9.21 Å². The maximum Gasteiger partial charge on any atom is 0.301 e. The molecule has 0 radical (unpaired) electrons. The van der Waals surface area contributed by atoms with Crippen molar-refractivity contribution in [2.45, 2.75) is 6.54 Å². The fraction of sp³-hybridized carbons (Fsp3) is 0.0556. The Morgan fingerprint density at radius 2 is 1.92 bits per heavy atom. The summed E-state index contributed by atoms with van der Waals surface area (Å²) in [5, 5.41) is 4.01. The fourth-order valence-electron chi connectivity index (χ4n) is 2.38. The summed E-state index contributed by atoms with van der Waals surface area (Å²) in [6.07, 6.45) is 1.47. The van der Waals surface area contributed by atoms with Gasteiger partial charge in [0.25, 0.3) is 0 Å². The summed E-state index contributed by atoms with van der Waals surface area (Å²) in [6, 6.07) is 17.2. The molecule has 5 nitrogen and oxygen atoms in total. The first-order chi connectivity index (χ1) is 11.7. The Labute approximate surface area is 144 Å². The molecule has 0 aliphatic rings. The summed E-state index contributed by atoms with van der Waals surface area (Å²) in [5.41, 5.74) is 5.73. The molecule has 0 aliphatic carbocycles. The molecule has 0 atom stereocenters. The molecule has 2 aromatic carbocycles. The molecule has 0 saturated heterocycles. The van der Waals surface area contributed by atoms with Gasteiger partial charge in [-0.15, -0.1) is 0 Å². The number of hydrogen-bond acceptors (Lipinski definition) is 4. The van der Waals surface area contributed by atoms with E-state index in [4.69, 9.17) is 21.9 Å². The molecule has 24 heavy (non-hydrogen) atoms. The topological polar surface area (TPSA) is 80.3 Å². The van der Waals surface area contributed by atoms with E-state index in [1.165, 1.54) is 6.26 Å². The second-order valence-electron chi connectivity index (χ2n) is 5.20. The van der Waals surface area contributed by atoms with Crippen molar-refractivity contribution >= 4 is 23.2 Å². The SMILES string of the molecule is NNC(=O)c1occc1-c1ccc(CNc2cccc(Cl)c2)cc1. The predicted octanol–water partition coefficient (Wildman–Crippen LogP) is 3.82. The van der Waals surface area contributed by atoms with Gasteiger partial charge in [0.1, 0.15) is 0 Å². The first-order valence-electron chi connectivity index (χ1n) is 7.34. The number of anilines is 1. The highest BCUT2D eigenvalue weighted by atomic mass is 35.5. The maximum atomic E-state index is 11.7. The standard InChI is InChI=1S/C18H16ClN3O2/c19-14-2-1-3-15(10-14)21-11-12-4-6-13(7-5-12)16-8-9-24-17(16)18(23)22-20/h1-10,21H,11,20H2,(H,22,23). The van der Waals surface area contributed by atoms with Gasteiger partial charge in [0, 0.05) is 22.8 Å². The van der Waals surface area contributed by atoms with Crippen LogP contribution in [-0.4, -0.2) is 5.91 Å². The van der Waals surface area contributed by atoms with Crippen molar-refractivity contribution in [3.8, 4) is 11.1 Å². The maximum absolute atomic E-state index is 11.7. The number of nitrogens with one attached hydrogen (secondary N) is 2. The van der Waals surface area contributed by atoms with Crippen LogP contribution in [0.5, 0.6) is 0 Å². The Bertz CT molecular complexity index is 843. The molecular formula is C18H16ClN3O2. The van der Waals surface area contributed by atoms with Crippen molar-refractivity contribution in [3.63, 3.8) is 0 Å². The lowest BCUT2D eigenvalue weighted by atomic mass is 10.0. The van der Waals surface area contributed by atoms with E-state index in [1.807, 2.05) is 48.5 Å². The van der Waals surface area contributed by atoms with Crippen LogP contribution in [0.2, 0.25) is 5.02 Å². The van der Waals surface area contributed by atoms with E-state index in [9.17, 15) is 4.79 Å². The van der Waals surface area contributed by atoms with Crippen LogP contribution >= 0.6 is 11.6 Å². The molecule has 0 unspecified atom stereocenters. The van der Waals surface area contributed by atoms with Gasteiger partial charge in [0.2, 0.25) is 0 Å². The summed E-state index contributed by atoms with van der Waals surface area (Å²) >= 11 is 5.97. The van der Waals surface area contributed by atoms with Crippen LogP contribution in [-0.2, 0) is 6.54 Å². The van der Waals surface area contributed by atoms with Gasteiger partial charge in [0.05, 0.1) is 6.26 Å². The van der Waals surface area contributed by atoms with E-state index in [0.29, 0.717) is 17.1 Å². The van der Waals surface area contributed by atoms with Gasteiger partial charge in [-0.05, 0) is 35.4 Å². The molecule has 3 rings (SSSR count). The lowest BCUT2D eigenvalue weighted by Gasteiger charge is -2.08. The van der Waals surface area contributed by atoms with Gasteiger partial charge >= 0.3 is 5.91 Å². The van der Waals surface area contributed by atoms with Crippen LogP contribution in [0.25, 0.3) is 11.1 Å².